The van der Waals surface area contributed by atoms with Gasteiger partial charge in [0.1, 0.15) is 0 Å². The molecule has 22 heavy (non-hydrogen) atoms. The number of benzene rings is 1. The van der Waals surface area contributed by atoms with Crippen LogP contribution in [0.3, 0.4) is 0 Å². The lowest BCUT2D eigenvalue weighted by molar-refractivity contribution is -0.136. The van der Waals surface area contributed by atoms with Gasteiger partial charge in [0, 0.05) is 24.7 Å². The van der Waals surface area contributed by atoms with Crippen molar-refractivity contribution in [3.63, 3.8) is 0 Å². The molecule has 0 heterocycles. The molecule has 2 unspecified atom stereocenters. The molecular formula is C15H19Cl2N3O2. The van der Waals surface area contributed by atoms with Crippen LogP contribution in [0.15, 0.2) is 18.2 Å². The molecule has 1 aromatic carbocycles. The van der Waals surface area contributed by atoms with Crippen LogP contribution in [0.4, 0.5) is 5.69 Å². The molecule has 1 saturated carbocycles. The van der Waals surface area contributed by atoms with E-state index < -0.39 is 0 Å². The van der Waals surface area contributed by atoms with E-state index in [9.17, 15) is 9.59 Å². The highest BCUT2D eigenvalue weighted by Gasteiger charge is 2.30. The van der Waals surface area contributed by atoms with Crippen molar-refractivity contribution < 1.29 is 9.59 Å². The van der Waals surface area contributed by atoms with Gasteiger partial charge in [-0.1, -0.05) is 23.2 Å². The zero-order chi connectivity index (χ0) is 16.3. The summed E-state index contributed by atoms with van der Waals surface area (Å²) in [5, 5.41) is 3.48. The van der Waals surface area contributed by atoms with Crippen molar-refractivity contribution in [2.24, 2.45) is 11.7 Å². The summed E-state index contributed by atoms with van der Waals surface area (Å²) in [6, 6.07) is 4.92. The second-order valence-electron chi connectivity index (χ2n) is 5.64. The summed E-state index contributed by atoms with van der Waals surface area (Å²) in [4.78, 5) is 25.7. The Balaban J connectivity index is 1.88. The number of anilines is 1. The predicted octanol–water partition coefficient (Wildman–Crippen LogP) is 2.52. The third-order valence-electron chi connectivity index (χ3n) is 3.78. The first kappa shape index (κ1) is 17.1. The van der Waals surface area contributed by atoms with Gasteiger partial charge >= 0.3 is 0 Å². The van der Waals surface area contributed by atoms with Crippen LogP contribution >= 0.6 is 23.2 Å². The first-order valence-electron chi connectivity index (χ1n) is 7.12. The standard InChI is InChI=1S/C15H19Cl2N3O2/c1-20(15(22)9-2-3-10(18)6-9)8-14(21)19-11-4-5-12(16)13(17)7-11/h4-5,7,9-10H,2-3,6,8,18H2,1H3,(H,19,21). The first-order chi connectivity index (χ1) is 10.4. The molecule has 0 bridgehead atoms. The van der Waals surface area contributed by atoms with Gasteiger partial charge in [0.15, 0.2) is 0 Å². The highest BCUT2D eigenvalue weighted by atomic mass is 35.5. The average molecular weight is 344 g/mol. The van der Waals surface area contributed by atoms with Crippen LogP contribution in [-0.4, -0.2) is 36.3 Å². The molecular weight excluding hydrogens is 325 g/mol. The van der Waals surface area contributed by atoms with Crippen molar-refractivity contribution in [2.75, 3.05) is 18.9 Å². The summed E-state index contributed by atoms with van der Waals surface area (Å²) in [6.45, 7) is -0.00911. The van der Waals surface area contributed by atoms with E-state index in [1.807, 2.05) is 0 Å². The van der Waals surface area contributed by atoms with Crippen molar-refractivity contribution in [1.29, 1.82) is 0 Å². The van der Waals surface area contributed by atoms with Crippen LogP contribution < -0.4 is 11.1 Å². The maximum absolute atomic E-state index is 12.2. The van der Waals surface area contributed by atoms with Crippen molar-refractivity contribution >= 4 is 40.7 Å². The zero-order valence-corrected chi connectivity index (χ0v) is 13.8. The Morgan fingerprint density at radius 2 is 2.05 bits per heavy atom. The minimum Gasteiger partial charge on any atom is -0.336 e. The van der Waals surface area contributed by atoms with Gasteiger partial charge in [0.05, 0.1) is 16.6 Å². The quantitative estimate of drug-likeness (QED) is 0.881. The van der Waals surface area contributed by atoms with Crippen molar-refractivity contribution in [3.05, 3.63) is 28.2 Å². The molecule has 1 fully saturated rings. The minimum atomic E-state index is -0.281. The molecule has 120 valence electrons. The SMILES string of the molecule is CN(CC(=O)Nc1ccc(Cl)c(Cl)c1)C(=O)C1CCC(N)C1. The van der Waals surface area contributed by atoms with E-state index in [1.54, 1.807) is 25.2 Å². The number of hydrogen-bond donors (Lipinski definition) is 2. The number of hydrogen-bond acceptors (Lipinski definition) is 3. The van der Waals surface area contributed by atoms with Gasteiger partial charge in [0.2, 0.25) is 11.8 Å². The lowest BCUT2D eigenvalue weighted by Crippen LogP contribution is -2.38. The lowest BCUT2D eigenvalue weighted by Gasteiger charge is -2.20. The lowest BCUT2D eigenvalue weighted by atomic mass is 10.1. The number of nitrogens with zero attached hydrogens (tertiary/aromatic N) is 1. The minimum absolute atomic E-state index is 0.00911. The maximum Gasteiger partial charge on any atom is 0.243 e. The summed E-state index contributed by atoms with van der Waals surface area (Å²) >= 11 is 11.7. The van der Waals surface area contributed by atoms with Crippen LogP contribution in [0.1, 0.15) is 19.3 Å². The van der Waals surface area contributed by atoms with Crippen LogP contribution in [-0.2, 0) is 9.59 Å². The smallest absolute Gasteiger partial charge is 0.243 e. The third-order valence-corrected chi connectivity index (χ3v) is 4.52. The molecule has 0 aliphatic heterocycles. The molecule has 0 aromatic heterocycles. The highest BCUT2D eigenvalue weighted by molar-refractivity contribution is 6.42. The Morgan fingerprint density at radius 1 is 1.32 bits per heavy atom. The largest absolute Gasteiger partial charge is 0.336 e. The van der Waals surface area contributed by atoms with Crippen LogP contribution in [0.5, 0.6) is 0 Å². The van der Waals surface area contributed by atoms with Gasteiger partial charge in [0.25, 0.3) is 0 Å². The maximum atomic E-state index is 12.2. The number of halogens is 2. The monoisotopic (exact) mass is 343 g/mol. The van der Waals surface area contributed by atoms with E-state index in [0.717, 1.165) is 12.8 Å². The van der Waals surface area contributed by atoms with Crippen molar-refractivity contribution in [3.8, 4) is 0 Å². The molecule has 1 aromatic rings. The van der Waals surface area contributed by atoms with E-state index >= 15 is 0 Å². The second kappa shape index (κ2) is 7.31. The molecule has 0 saturated heterocycles. The number of carbonyl (C=O) groups excluding carboxylic acids is 2. The fourth-order valence-corrected chi connectivity index (χ4v) is 2.92. The van der Waals surface area contributed by atoms with E-state index in [-0.39, 0.29) is 30.3 Å². The third kappa shape index (κ3) is 4.35. The van der Waals surface area contributed by atoms with E-state index in [0.29, 0.717) is 22.2 Å². The first-order valence-corrected chi connectivity index (χ1v) is 7.88. The number of amides is 2. The van der Waals surface area contributed by atoms with Crippen molar-refractivity contribution in [2.45, 2.75) is 25.3 Å². The second-order valence-corrected chi connectivity index (χ2v) is 6.46. The number of nitrogens with one attached hydrogen (secondary N) is 1. The molecule has 1 aliphatic rings. The molecule has 7 heteroatoms. The topological polar surface area (TPSA) is 75.4 Å². The van der Waals surface area contributed by atoms with Gasteiger partial charge in [-0.2, -0.15) is 0 Å². The molecule has 0 radical (unpaired) electrons. The zero-order valence-electron chi connectivity index (χ0n) is 12.3. The summed E-state index contributed by atoms with van der Waals surface area (Å²) in [5.74, 6) is -0.383. The summed E-state index contributed by atoms with van der Waals surface area (Å²) in [5.41, 5.74) is 6.36. The van der Waals surface area contributed by atoms with Gasteiger partial charge in [-0.05, 0) is 37.5 Å². The molecule has 2 amide bonds. The molecule has 2 rings (SSSR count). The van der Waals surface area contributed by atoms with E-state index in [2.05, 4.69) is 5.32 Å². The number of nitrogens with two attached hydrogens (primary N) is 1. The fourth-order valence-electron chi connectivity index (χ4n) is 2.62. The number of likely N-dealkylation sites (N-methyl/N-ethyl adjacent to an activating group) is 1. The number of carbonyl (C=O) groups is 2. The Morgan fingerprint density at radius 3 is 2.64 bits per heavy atom. The van der Waals surface area contributed by atoms with Gasteiger partial charge < -0.3 is 16.0 Å². The van der Waals surface area contributed by atoms with Crippen LogP contribution in [0, 0.1) is 5.92 Å². The fraction of sp³-hybridized carbons (Fsp3) is 0.467. The van der Waals surface area contributed by atoms with Gasteiger partial charge in [-0.15, -0.1) is 0 Å². The van der Waals surface area contributed by atoms with Gasteiger partial charge in [-0.25, -0.2) is 0 Å². The average Bonchev–Trinajstić information content (AvgIpc) is 2.88. The normalized spacial score (nSPS) is 20.7. The summed E-state index contributed by atoms with van der Waals surface area (Å²) in [7, 11) is 1.63. The molecule has 0 spiro atoms. The molecule has 3 N–H and O–H groups in total. The van der Waals surface area contributed by atoms with Crippen molar-refractivity contribution in [1.82, 2.24) is 4.90 Å². The highest BCUT2D eigenvalue weighted by Crippen LogP contribution is 2.26. The summed E-state index contributed by atoms with van der Waals surface area (Å²) in [6.07, 6.45) is 2.34. The van der Waals surface area contributed by atoms with Crippen LogP contribution in [0.2, 0.25) is 10.0 Å². The van der Waals surface area contributed by atoms with Gasteiger partial charge in [-0.3, -0.25) is 9.59 Å². The predicted molar refractivity (Wildman–Crippen MR) is 88.0 cm³/mol. The van der Waals surface area contributed by atoms with Crippen LogP contribution in [0.25, 0.3) is 0 Å². The number of rotatable bonds is 4. The molecule has 2 atom stereocenters. The summed E-state index contributed by atoms with van der Waals surface area (Å²) < 4.78 is 0. The molecule has 5 nitrogen and oxygen atoms in total. The Hall–Kier alpha value is -1.30. The van der Waals surface area contributed by atoms with E-state index in [4.69, 9.17) is 28.9 Å². The Kier molecular flexibility index (Phi) is 5.67. The molecule has 1 aliphatic carbocycles. The Bertz CT molecular complexity index is 580. The van der Waals surface area contributed by atoms with E-state index in [1.165, 1.54) is 4.90 Å². The Labute approximate surface area is 139 Å².